The highest BCUT2D eigenvalue weighted by Gasteiger charge is 2.21. The molecular formula is C38H50O6P2. The molecule has 0 radical (unpaired) electrons. The number of hydrogen-bond donors (Lipinski definition) is 0. The summed E-state index contributed by atoms with van der Waals surface area (Å²) in [6.45, 7) is 12.0. The van der Waals surface area contributed by atoms with Crippen LogP contribution in [-0.2, 0) is 28.8 Å². The molecule has 0 aliphatic heterocycles. The van der Waals surface area contributed by atoms with Crippen molar-refractivity contribution in [1.29, 1.82) is 0 Å². The zero-order valence-corrected chi connectivity index (χ0v) is 30.7. The highest BCUT2D eigenvalue weighted by molar-refractivity contribution is 7.66. The van der Waals surface area contributed by atoms with Gasteiger partial charge in [-0.3, -0.25) is 9.36 Å². The lowest BCUT2D eigenvalue weighted by Gasteiger charge is -2.13. The fourth-order valence-corrected chi connectivity index (χ4v) is 6.16. The van der Waals surface area contributed by atoms with Gasteiger partial charge in [-0.1, -0.05) is 151 Å². The van der Waals surface area contributed by atoms with E-state index in [1.165, 1.54) is 28.4 Å². The summed E-state index contributed by atoms with van der Waals surface area (Å²) in [4.78, 5) is 12.5. The molecule has 0 aromatic heterocycles. The Kier molecular flexibility index (Phi) is 19.8. The first-order valence-corrected chi connectivity index (χ1v) is 18.5. The molecular weight excluding hydrogens is 614 g/mol. The summed E-state index contributed by atoms with van der Waals surface area (Å²) in [6, 6.07) is 27.8. The maximum absolute atomic E-state index is 12.5. The van der Waals surface area contributed by atoms with Gasteiger partial charge in [-0.15, -0.1) is 0 Å². The van der Waals surface area contributed by atoms with Crippen molar-refractivity contribution in [2.24, 2.45) is 0 Å². The largest absolute Gasteiger partial charge is 0.334 e. The van der Waals surface area contributed by atoms with Gasteiger partial charge in [-0.25, -0.2) is 0 Å². The standard InChI is InChI=1S/C32H32O6P2.3C2H6/c1-35-39(36-2)32(33)29-18-14-25(15-19-29)13-17-28-21-20-27-7-5-6-8-30(27)31(28)22-16-24-9-11-26(12-10-24)23-40(34,37-3)38-4;3*1-2/h5-22H,23H2,1-4H3;3*1-2H3/b17-13-,22-16-;;;. The van der Waals surface area contributed by atoms with Crippen LogP contribution in [0.2, 0.25) is 0 Å². The van der Waals surface area contributed by atoms with Crippen LogP contribution in [0.1, 0.15) is 79.7 Å². The molecule has 0 saturated heterocycles. The quantitative estimate of drug-likeness (QED) is 0.111. The summed E-state index contributed by atoms with van der Waals surface area (Å²) in [5.74, 6) is 0. The van der Waals surface area contributed by atoms with Crippen molar-refractivity contribution in [2.75, 3.05) is 28.4 Å². The molecule has 6 nitrogen and oxygen atoms in total. The van der Waals surface area contributed by atoms with Crippen LogP contribution < -0.4 is 0 Å². The molecule has 0 N–H and O–H groups in total. The van der Waals surface area contributed by atoms with Gasteiger partial charge in [0.15, 0.2) is 0 Å². The van der Waals surface area contributed by atoms with E-state index in [2.05, 4.69) is 42.5 Å². The van der Waals surface area contributed by atoms with E-state index in [4.69, 9.17) is 18.1 Å². The average molecular weight is 665 g/mol. The molecule has 0 bridgehead atoms. The van der Waals surface area contributed by atoms with Gasteiger partial charge >= 0.3 is 7.60 Å². The second kappa shape index (κ2) is 22.3. The van der Waals surface area contributed by atoms with Crippen LogP contribution in [0.4, 0.5) is 0 Å². The summed E-state index contributed by atoms with van der Waals surface area (Å²) in [5, 5.41) is 2.30. The van der Waals surface area contributed by atoms with Crippen molar-refractivity contribution in [3.63, 3.8) is 0 Å². The van der Waals surface area contributed by atoms with Crippen LogP contribution in [0, 0.1) is 0 Å². The molecule has 0 unspecified atom stereocenters. The molecule has 8 heteroatoms. The first-order valence-electron chi connectivity index (χ1n) is 15.6. The van der Waals surface area contributed by atoms with E-state index >= 15 is 0 Å². The molecule has 46 heavy (non-hydrogen) atoms. The SMILES string of the molecule is CC.CC.CC.COP(OC)C(=O)c1ccc(/C=C\c2ccc3ccccc3c2/C=C\c2ccc(CP(=O)(OC)OC)cc2)cc1. The zero-order chi connectivity index (χ0) is 34.5. The predicted octanol–water partition coefficient (Wildman–Crippen LogP) is 12.0. The number of carbonyl (C=O) groups excluding carboxylic acids is 1. The fraction of sp³-hybridized carbons (Fsp3) is 0.289. The first kappa shape index (κ1) is 40.8. The summed E-state index contributed by atoms with van der Waals surface area (Å²) in [6.07, 6.45) is 8.52. The summed E-state index contributed by atoms with van der Waals surface area (Å²) < 4.78 is 32.8. The Labute approximate surface area is 277 Å². The van der Waals surface area contributed by atoms with Crippen molar-refractivity contribution in [1.82, 2.24) is 0 Å². The molecule has 248 valence electrons. The van der Waals surface area contributed by atoms with Crippen LogP contribution >= 0.6 is 16.0 Å². The molecule has 4 aromatic rings. The number of carbonyl (C=O) groups is 1. The minimum absolute atomic E-state index is 0.156. The Morgan fingerprint density at radius 1 is 0.652 bits per heavy atom. The van der Waals surface area contributed by atoms with E-state index in [-0.39, 0.29) is 11.7 Å². The minimum atomic E-state index is -3.12. The van der Waals surface area contributed by atoms with Crippen LogP contribution in [0.25, 0.3) is 35.1 Å². The number of fused-ring (bicyclic) bond motifs is 1. The summed E-state index contributed by atoms with van der Waals surface area (Å²) >= 11 is 0. The van der Waals surface area contributed by atoms with Gasteiger partial charge in [0, 0.05) is 34.0 Å². The van der Waals surface area contributed by atoms with Gasteiger partial charge < -0.3 is 18.1 Å². The maximum Gasteiger partial charge on any atom is 0.334 e. The summed E-state index contributed by atoms with van der Waals surface area (Å²) in [7, 11) is 1.03. The molecule has 0 amide bonds. The molecule has 0 atom stereocenters. The Balaban J connectivity index is 0.00000166. The van der Waals surface area contributed by atoms with Gasteiger partial charge in [-0.2, -0.15) is 0 Å². The van der Waals surface area contributed by atoms with Crippen LogP contribution in [0.3, 0.4) is 0 Å². The third-order valence-corrected chi connectivity index (χ3v) is 9.59. The Morgan fingerprint density at radius 2 is 1.17 bits per heavy atom. The van der Waals surface area contributed by atoms with Gasteiger partial charge in [0.1, 0.15) is 0 Å². The van der Waals surface area contributed by atoms with Gasteiger partial charge in [0.05, 0.1) is 6.16 Å². The molecule has 0 spiro atoms. The third-order valence-electron chi connectivity index (χ3n) is 6.47. The fourth-order valence-electron chi connectivity index (χ4n) is 4.25. The van der Waals surface area contributed by atoms with Crippen molar-refractivity contribution in [2.45, 2.75) is 47.7 Å². The van der Waals surface area contributed by atoms with Gasteiger partial charge in [0.2, 0.25) is 13.9 Å². The highest BCUT2D eigenvalue weighted by atomic mass is 31.2. The number of hydrogen-bond acceptors (Lipinski definition) is 6. The smallest absolute Gasteiger partial charge is 0.332 e. The summed E-state index contributed by atoms with van der Waals surface area (Å²) in [5.41, 5.74) is 5.43. The van der Waals surface area contributed by atoms with Crippen molar-refractivity contribution < 1.29 is 27.5 Å². The minimum Gasteiger partial charge on any atom is -0.332 e. The van der Waals surface area contributed by atoms with E-state index < -0.39 is 16.0 Å². The van der Waals surface area contributed by atoms with Crippen LogP contribution in [0.5, 0.6) is 0 Å². The topological polar surface area (TPSA) is 71.1 Å². The van der Waals surface area contributed by atoms with E-state index in [1.807, 2.05) is 96.1 Å². The maximum atomic E-state index is 12.5. The van der Waals surface area contributed by atoms with Crippen molar-refractivity contribution in [3.8, 4) is 0 Å². The van der Waals surface area contributed by atoms with E-state index in [1.54, 1.807) is 12.1 Å². The van der Waals surface area contributed by atoms with E-state index in [0.717, 1.165) is 38.6 Å². The first-order chi connectivity index (χ1) is 22.4. The number of rotatable bonds is 12. The lowest BCUT2D eigenvalue weighted by atomic mass is 9.97. The highest BCUT2D eigenvalue weighted by Crippen LogP contribution is 2.49. The van der Waals surface area contributed by atoms with Crippen LogP contribution in [-0.4, -0.2) is 34.0 Å². The normalized spacial score (nSPS) is 11.0. The molecule has 0 aliphatic rings. The van der Waals surface area contributed by atoms with Crippen LogP contribution in [0.15, 0.2) is 84.9 Å². The second-order valence-electron chi connectivity index (χ2n) is 8.88. The van der Waals surface area contributed by atoms with Crippen molar-refractivity contribution in [3.05, 3.63) is 118 Å². The zero-order valence-electron chi connectivity index (χ0n) is 28.9. The lowest BCUT2D eigenvalue weighted by Crippen LogP contribution is -1.99. The Morgan fingerprint density at radius 3 is 1.72 bits per heavy atom. The third kappa shape index (κ3) is 11.9. The average Bonchev–Trinajstić information content (AvgIpc) is 3.13. The van der Waals surface area contributed by atoms with Gasteiger partial charge in [-0.05, 0) is 38.6 Å². The molecule has 0 saturated carbocycles. The monoisotopic (exact) mass is 664 g/mol. The molecule has 4 aromatic carbocycles. The molecule has 0 aliphatic carbocycles. The molecule has 0 heterocycles. The number of benzene rings is 4. The Hall–Kier alpha value is -3.21. The molecule has 4 rings (SSSR count). The van der Waals surface area contributed by atoms with Gasteiger partial charge in [0.25, 0.3) is 0 Å². The second-order valence-corrected chi connectivity index (χ2v) is 12.8. The Bertz CT molecular complexity index is 1550. The van der Waals surface area contributed by atoms with E-state index in [0.29, 0.717) is 5.56 Å². The van der Waals surface area contributed by atoms with E-state index in [9.17, 15) is 9.36 Å². The van der Waals surface area contributed by atoms with Crippen molar-refractivity contribution >= 4 is 56.6 Å². The predicted molar refractivity (Wildman–Crippen MR) is 199 cm³/mol. The molecule has 0 fully saturated rings. The lowest BCUT2D eigenvalue weighted by molar-refractivity contribution is 0.105.